The number of carbonyl (C=O) groups excluding carboxylic acids is 1. The van der Waals surface area contributed by atoms with E-state index in [0.29, 0.717) is 32.7 Å². The number of hydrogen-bond acceptors (Lipinski definition) is 3. The van der Waals surface area contributed by atoms with Crippen molar-refractivity contribution >= 4 is 6.09 Å². The average molecular weight is 294 g/mol. The van der Waals surface area contributed by atoms with Gasteiger partial charge in [-0.25, -0.2) is 4.79 Å². The van der Waals surface area contributed by atoms with E-state index >= 15 is 0 Å². The second kappa shape index (κ2) is 6.65. The van der Waals surface area contributed by atoms with Crippen LogP contribution in [0.25, 0.3) is 0 Å². The molecule has 1 N–H and O–H groups in total. The summed E-state index contributed by atoms with van der Waals surface area (Å²) in [7, 11) is 0. The van der Waals surface area contributed by atoms with Gasteiger partial charge < -0.3 is 15.0 Å². The number of carbonyl (C=O) groups is 1. The van der Waals surface area contributed by atoms with Gasteiger partial charge in [0.1, 0.15) is 6.61 Å². The quantitative estimate of drug-likeness (QED) is 0.792. The number of alkyl halides is 3. The lowest BCUT2D eigenvalue weighted by molar-refractivity contribution is -0.183. The third kappa shape index (κ3) is 4.26. The molecular formula is C13H21F3N2O2. The highest BCUT2D eigenvalue weighted by Gasteiger charge is 2.41. The van der Waals surface area contributed by atoms with E-state index in [0.717, 1.165) is 12.8 Å². The van der Waals surface area contributed by atoms with Crippen LogP contribution < -0.4 is 5.32 Å². The molecule has 1 aliphatic heterocycles. The molecule has 0 spiro atoms. The molecule has 4 nitrogen and oxygen atoms in total. The molecule has 20 heavy (non-hydrogen) atoms. The maximum absolute atomic E-state index is 12.7. The normalized spacial score (nSPS) is 27.8. The Bertz CT molecular complexity index is 336. The number of ether oxygens (including phenoxy) is 1. The van der Waals surface area contributed by atoms with Crippen molar-refractivity contribution in [1.29, 1.82) is 0 Å². The average Bonchev–Trinajstić information content (AvgIpc) is 2.80. The van der Waals surface area contributed by atoms with Gasteiger partial charge in [-0.1, -0.05) is 6.42 Å². The molecule has 7 heteroatoms. The Morgan fingerprint density at radius 2 is 2.15 bits per heavy atom. The van der Waals surface area contributed by atoms with Crippen LogP contribution >= 0.6 is 0 Å². The molecule has 2 rings (SSSR count). The van der Waals surface area contributed by atoms with Crippen LogP contribution in [0.3, 0.4) is 0 Å². The molecule has 0 bridgehead atoms. The van der Waals surface area contributed by atoms with Crippen LogP contribution in [0.4, 0.5) is 18.0 Å². The lowest BCUT2D eigenvalue weighted by Crippen LogP contribution is -2.39. The maximum Gasteiger partial charge on any atom is 0.409 e. The molecule has 1 heterocycles. The third-order valence-corrected chi connectivity index (χ3v) is 4.02. The summed E-state index contributed by atoms with van der Waals surface area (Å²) in [6.45, 7) is 2.28. The van der Waals surface area contributed by atoms with Gasteiger partial charge in [0.05, 0.1) is 12.5 Å². The second-order valence-electron chi connectivity index (χ2n) is 5.51. The first kappa shape index (κ1) is 15.4. The SMILES string of the molecule is O=C1OCCN1CCCN[C@H]1CCC[C@H](C(F)(F)F)C1. The standard InChI is InChI=1S/C13H21F3N2O2/c14-13(15,16)10-3-1-4-11(9-10)17-5-2-6-18-7-8-20-12(18)19/h10-11,17H,1-9H2/t10-,11-/m0/s1. The van der Waals surface area contributed by atoms with Crippen LogP contribution in [0.1, 0.15) is 32.1 Å². The van der Waals surface area contributed by atoms with Crippen molar-refractivity contribution < 1.29 is 22.7 Å². The van der Waals surface area contributed by atoms with Crippen molar-refractivity contribution in [2.24, 2.45) is 5.92 Å². The Balaban J connectivity index is 1.63. The van der Waals surface area contributed by atoms with E-state index in [1.165, 1.54) is 0 Å². The topological polar surface area (TPSA) is 41.6 Å². The molecule has 1 saturated carbocycles. The number of nitrogens with one attached hydrogen (secondary N) is 1. The van der Waals surface area contributed by atoms with E-state index in [4.69, 9.17) is 4.74 Å². The number of nitrogens with zero attached hydrogens (tertiary/aromatic N) is 1. The van der Waals surface area contributed by atoms with Crippen molar-refractivity contribution in [3.05, 3.63) is 0 Å². The van der Waals surface area contributed by atoms with Crippen LogP contribution in [-0.4, -0.2) is 49.5 Å². The van der Waals surface area contributed by atoms with E-state index in [-0.39, 0.29) is 25.0 Å². The van der Waals surface area contributed by atoms with Crippen LogP contribution in [0, 0.1) is 5.92 Å². The van der Waals surface area contributed by atoms with Crippen molar-refractivity contribution in [2.75, 3.05) is 26.2 Å². The summed E-state index contributed by atoms with van der Waals surface area (Å²) in [4.78, 5) is 12.8. The van der Waals surface area contributed by atoms with Gasteiger partial charge >= 0.3 is 12.3 Å². The van der Waals surface area contributed by atoms with E-state index in [2.05, 4.69) is 5.32 Å². The maximum atomic E-state index is 12.7. The first-order valence-electron chi connectivity index (χ1n) is 7.18. The molecule has 1 amide bonds. The van der Waals surface area contributed by atoms with E-state index in [1.807, 2.05) is 0 Å². The number of hydrogen-bond donors (Lipinski definition) is 1. The van der Waals surface area contributed by atoms with Gasteiger partial charge in [-0.3, -0.25) is 0 Å². The second-order valence-corrected chi connectivity index (χ2v) is 5.51. The van der Waals surface area contributed by atoms with Gasteiger partial charge in [0.15, 0.2) is 0 Å². The van der Waals surface area contributed by atoms with Gasteiger partial charge in [-0.2, -0.15) is 13.2 Å². The fraction of sp³-hybridized carbons (Fsp3) is 0.923. The summed E-state index contributed by atoms with van der Waals surface area (Å²) in [5, 5.41) is 3.18. The van der Waals surface area contributed by atoms with Crippen LogP contribution in [0.2, 0.25) is 0 Å². The predicted molar refractivity (Wildman–Crippen MR) is 67.3 cm³/mol. The zero-order valence-corrected chi connectivity index (χ0v) is 11.4. The van der Waals surface area contributed by atoms with Gasteiger partial charge in [0.25, 0.3) is 0 Å². The largest absolute Gasteiger partial charge is 0.448 e. The summed E-state index contributed by atoms with van der Waals surface area (Å²) < 4.78 is 42.8. The fourth-order valence-corrected chi connectivity index (χ4v) is 2.88. The molecule has 0 aromatic carbocycles. The number of rotatable bonds is 5. The molecule has 1 saturated heterocycles. The first-order valence-corrected chi connectivity index (χ1v) is 7.18. The van der Waals surface area contributed by atoms with E-state index in [1.54, 1.807) is 4.90 Å². The first-order chi connectivity index (χ1) is 9.47. The number of amides is 1. The van der Waals surface area contributed by atoms with Gasteiger partial charge in [0.2, 0.25) is 0 Å². The highest BCUT2D eigenvalue weighted by atomic mass is 19.4. The van der Waals surface area contributed by atoms with Crippen molar-refractivity contribution in [2.45, 2.75) is 44.3 Å². The predicted octanol–water partition coefficient (Wildman–Crippen LogP) is 2.54. The minimum Gasteiger partial charge on any atom is -0.448 e. The lowest BCUT2D eigenvalue weighted by Gasteiger charge is -2.31. The van der Waals surface area contributed by atoms with Crippen molar-refractivity contribution in [3.8, 4) is 0 Å². The molecule has 0 aromatic heterocycles. The summed E-state index contributed by atoms with van der Waals surface area (Å²) in [6, 6.07) is -0.0547. The molecule has 0 aromatic rings. The molecule has 0 unspecified atom stereocenters. The summed E-state index contributed by atoms with van der Waals surface area (Å²) in [5.74, 6) is -1.16. The third-order valence-electron chi connectivity index (χ3n) is 4.02. The van der Waals surface area contributed by atoms with Crippen LogP contribution in [-0.2, 0) is 4.74 Å². The number of cyclic esters (lactones) is 1. The Hall–Kier alpha value is -0.980. The van der Waals surface area contributed by atoms with Gasteiger partial charge in [0, 0.05) is 12.6 Å². The van der Waals surface area contributed by atoms with Crippen LogP contribution in [0.5, 0.6) is 0 Å². The van der Waals surface area contributed by atoms with Crippen molar-refractivity contribution in [3.63, 3.8) is 0 Å². The zero-order chi connectivity index (χ0) is 14.6. The van der Waals surface area contributed by atoms with E-state index in [9.17, 15) is 18.0 Å². The Labute approximate surface area is 116 Å². The van der Waals surface area contributed by atoms with E-state index < -0.39 is 12.1 Å². The molecule has 2 aliphatic rings. The minimum absolute atomic E-state index is 0.0547. The Morgan fingerprint density at radius 1 is 1.35 bits per heavy atom. The number of halogens is 3. The molecule has 2 fully saturated rings. The Kier molecular flexibility index (Phi) is 5.12. The monoisotopic (exact) mass is 294 g/mol. The fourth-order valence-electron chi connectivity index (χ4n) is 2.88. The molecule has 116 valence electrons. The van der Waals surface area contributed by atoms with Crippen LogP contribution in [0.15, 0.2) is 0 Å². The summed E-state index contributed by atoms with van der Waals surface area (Å²) in [6.07, 6.45) is -1.77. The van der Waals surface area contributed by atoms with Gasteiger partial charge in [-0.15, -0.1) is 0 Å². The molecular weight excluding hydrogens is 273 g/mol. The highest BCUT2D eigenvalue weighted by molar-refractivity contribution is 5.69. The summed E-state index contributed by atoms with van der Waals surface area (Å²) >= 11 is 0. The van der Waals surface area contributed by atoms with Crippen molar-refractivity contribution in [1.82, 2.24) is 10.2 Å². The lowest BCUT2D eigenvalue weighted by atomic mass is 9.85. The zero-order valence-electron chi connectivity index (χ0n) is 11.4. The molecule has 1 aliphatic carbocycles. The summed E-state index contributed by atoms with van der Waals surface area (Å²) in [5.41, 5.74) is 0. The Morgan fingerprint density at radius 3 is 2.80 bits per heavy atom. The highest BCUT2D eigenvalue weighted by Crippen LogP contribution is 2.37. The minimum atomic E-state index is -4.07. The smallest absolute Gasteiger partial charge is 0.409 e. The molecule has 0 radical (unpaired) electrons. The molecule has 2 atom stereocenters. The van der Waals surface area contributed by atoms with Gasteiger partial charge in [-0.05, 0) is 32.2 Å².